The molecule has 0 atom stereocenters. The van der Waals surface area contributed by atoms with Gasteiger partial charge in [-0.15, -0.1) is 0 Å². The van der Waals surface area contributed by atoms with E-state index >= 15 is 0 Å². The van der Waals surface area contributed by atoms with Crippen LogP contribution in [0.15, 0.2) is 42.5 Å². The molecule has 2 aromatic carbocycles. The zero-order chi connectivity index (χ0) is 19.3. The lowest BCUT2D eigenvalue weighted by Crippen LogP contribution is -2.27. The molecule has 6 nitrogen and oxygen atoms in total. The molecule has 0 unspecified atom stereocenters. The van der Waals surface area contributed by atoms with Crippen LogP contribution in [0.25, 0.3) is 0 Å². The van der Waals surface area contributed by atoms with Crippen molar-refractivity contribution >= 4 is 35.1 Å². The number of esters is 1. The van der Waals surface area contributed by atoms with Crippen LogP contribution in [0.3, 0.4) is 0 Å². The third-order valence-corrected chi connectivity index (χ3v) is 3.62. The molecule has 0 saturated heterocycles. The quantitative estimate of drug-likeness (QED) is 0.811. The molecule has 0 aliphatic rings. The Morgan fingerprint density at radius 2 is 1.77 bits per heavy atom. The molecule has 0 saturated carbocycles. The average molecular weight is 379 g/mol. The predicted molar refractivity (Wildman–Crippen MR) is 94.8 cm³/mol. The van der Waals surface area contributed by atoms with Gasteiger partial charge in [0.15, 0.2) is 6.61 Å². The zero-order valence-electron chi connectivity index (χ0n) is 14.1. The number of nitrogens with zero attached hydrogens (tertiary/aromatic N) is 1. The maximum atomic E-state index is 13.0. The summed E-state index contributed by atoms with van der Waals surface area (Å²) in [4.78, 5) is 37.3. The van der Waals surface area contributed by atoms with Gasteiger partial charge in [0.25, 0.3) is 11.8 Å². The van der Waals surface area contributed by atoms with Gasteiger partial charge in [-0.3, -0.25) is 9.59 Å². The monoisotopic (exact) mass is 378 g/mol. The van der Waals surface area contributed by atoms with Crippen molar-refractivity contribution in [3.05, 3.63) is 64.4 Å². The molecule has 136 valence electrons. The fourth-order valence-corrected chi connectivity index (χ4v) is 2.10. The van der Waals surface area contributed by atoms with Gasteiger partial charge in [-0.1, -0.05) is 11.6 Å². The minimum atomic E-state index is -0.786. The van der Waals surface area contributed by atoms with Crippen molar-refractivity contribution in [1.29, 1.82) is 0 Å². The van der Waals surface area contributed by atoms with Gasteiger partial charge in [0.1, 0.15) is 5.82 Å². The molecular weight excluding hydrogens is 363 g/mol. The minimum Gasteiger partial charge on any atom is -0.452 e. The summed E-state index contributed by atoms with van der Waals surface area (Å²) in [6, 6.07) is 9.13. The van der Waals surface area contributed by atoms with Gasteiger partial charge in [0.2, 0.25) is 0 Å². The van der Waals surface area contributed by atoms with Crippen molar-refractivity contribution in [1.82, 2.24) is 4.90 Å². The van der Waals surface area contributed by atoms with Crippen LogP contribution in [0.1, 0.15) is 20.7 Å². The summed E-state index contributed by atoms with van der Waals surface area (Å²) in [6.45, 7) is -0.431. The maximum absolute atomic E-state index is 13.0. The van der Waals surface area contributed by atoms with Gasteiger partial charge in [-0.25, -0.2) is 9.18 Å². The van der Waals surface area contributed by atoms with E-state index in [4.69, 9.17) is 16.3 Å². The fraction of sp³-hybridized carbons (Fsp3) is 0.167. The molecular formula is C18H16ClFN2O4. The van der Waals surface area contributed by atoms with Gasteiger partial charge < -0.3 is 15.0 Å². The summed E-state index contributed by atoms with van der Waals surface area (Å²) in [5, 5.41) is 2.83. The Hall–Kier alpha value is -2.93. The first-order valence-corrected chi connectivity index (χ1v) is 7.89. The van der Waals surface area contributed by atoms with Crippen LogP contribution in [0.4, 0.5) is 10.1 Å². The molecule has 2 aromatic rings. The molecule has 8 heteroatoms. The molecule has 0 bridgehead atoms. The number of hydrogen-bond acceptors (Lipinski definition) is 4. The zero-order valence-corrected chi connectivity index (χ0v) is 14.8. The SMILES string of the molecule is CN(C)C(=O)COC(=O)c1ccc(Cl)cc1NC(=O)c1ccc(F)cc1. The molecule has 0 heterocycles. The molecule has 2 amide bonds. The number of hydrogen-bond donors (Lipinski definition) is 1. The molecule has 2 rings (SSSR count). The van der Waals surface area contributed by atoms with Crippen LogP contribution in [0.5, 0.6) is 0 Å². The topological polar surface area (TPSA) is 75.7 Å². The molecule has 0 spiro atoms. The molecule has 1 N–H and O–H groups in total. The highest BCUT2D eigenvalue weighted by Gasteiger charge is 2.18. The largest absolute Gasteiger partial charge is 0.452 e. The average Bonchev–Trinajstić information content (AvgIpc) is 2.59. The lowest BCUT2D eigenvalue weighted by molar-refractivity contribution is -0.131. The van der Waals surface area contributed by atoms with Crippen molar-refractivity contribution in [2.75, 3.05) is 26.0 Å². The number of carbonyl (C=O) groups excluding carboxylic acids is 3. The Kier molecular flexibility index (Phi) is 6.30. The van der Waals surface area contributed by atoms with E-state index in [1.54, 1.807) is 0 Å². The van der Waals surface area contributed by atoms with Crippen LogP contribution in [-0.2, 0) is 9.53 Å². The lowest BCUT2D eigenvalue weighted by Gasteiger charge is -2.13. The van der Waals surface area contributed by atoms with Crippen LogP contribution in [0.2, 0.25) is 5.02 Å². The third-order valence-electron chi connectivity index (χ3n) is 3.38. The summed E-state index contributed by atoms with van der Waals surface area (Å²) in [6.07, 6.45) is 0. The Balaban J connectivity index is 2.18. The van der Waals surface area contributed by atoms with Crippen molar-refractivity contribution in [2.45, 2.75) is 0 Å². The van der Waals surface area contributed by atoms with E-state index in [1.807, 2.05) is 0 Å². The fourth-order valence-electron chi connectivity index (χ4n) is 1.93. The highest BCUT2D eigenvalue weighted by molar-refractivity contribution is 6.31. The van der Waals surface area contributed by atoms with E-state index in [0.717, 1.165) is 12.1 Å². The smallest absolute Gasteiger partial charge is 0.340 e. The molecule has 0 radical (unpaired) electrons. The van der Waals surface area contributed by atoms with Gasteiger partial charge >= 0.3 is 5.97 Å². The molecule has 0 aliphatic heterocycles. The molecule has 0 aliphatic carbocycles. The second-order valence-corrected chi connectivity index (χ2v) is 5.95. The molecule has 26 heavy (non-hydrogen) atoms. The third kappa shape index (κ3) is 5.03. The number of likely N-dealkylation sites (N-methyl/N-ethyl adjacent to an activating group) is 1. The standard InChI is InChI=1S/C18H16ClFN2O4/c1-22(2)16(23)10-26-18(25)14-8-5-12(19)9-15(14)21-17(24)11-3-6-13(20)7-4-11/h3-9H,10H2,1-2H3,(H,21,24). The number of halogens is 2. The van der Waals surface area contributed by atoms with E-state index in [0.29, 0.717) is 5.02 Å². The van der Waals surface area contributed by atoms with Gasteiger partial charge in [0.05, 0.1) is 11.3 Å². The van der Waals surface area contributed by atoms with Gasteiger partial charge in [-0.2, -0.15) is 0 Å². The Morgan fingerprint density at radius 3 is 2.38 bits per heavy atom. The Morgan fingerprint density at radius 1 is 1.12 bits per heavy atom. The first-order chi connectivity index (χ1) is 12.3. The Labute approximate surface area is 154 Å². The van der Waals surface area contributed by atoms with Gasteiger partial charge in [-0.05, 0) is 42.5 Å². The number of carbonyl (C=O) groups is 3. The minimum absolute atomic E-state index is 0.0383. The summed E-state index contributed by atoms with van der Waals surface area (Å²) < 4.78 is 17.9. The second kappa shape index (κ2) is 8.44. The van der Waals surface area contributed by atoms with E-state index in [9.17, 15) is 18.8 Å². The van der Waals surface area contributed by atoms with E-state index < -0.39 is 24.3 Å². The highest BCUT2D eigenvalue weighted by atomic mass is 35.5. The lowest BCUT2D eigenvalue weighted by atomic mass is 10.1. The summed E-state index contributed by atoms with van der Waals surface area (Å²) in [5.41, 5.74) is 0.360. The van der Waals surface area contributed by atoms with Crippen molar-refractivity contribution in [3.8, 4) is 0 Å². The maximum Gasteiger partial charge on any atom is 0.340 e. The number of anilines is 1. The van der Waals surface area contributed by atoms with Crippen molar-refractivity contribution < 1.29 is 23.5 Å². The first kappa shape index (κ1) is 19.4. The second-order valence-electron chi connectivity index (χ2n) is 5.52. The van der Waals surface area contributed by atoms with Gasteiger partial charge in [0, 0.05) is 24.7 Å². The summed E-state index contributed by atoms with van der Waals surface area (Å²) in [5.74, 6) is -2.19. The van der Waals surface area contributed by atoms with Crippen LogP contribution in [-0.4, -0.2) is 43.4 Å². The Bertz CT molecular complexity index is 838. The van der Waals surface area contributed by atoms with Crippen LogP contribution >= 0.6 is 11.6 Å². The number of rotatable bonds is 5. The van der Waals surface area contributed by atoms with Crippen LogP contribution in [0, 0.1) is 5.82 Å². The number of ether oxygens (including phenoxy) is 1. The highest BCUT2D eigenvalue weighted by Crippen LogP contribution is 2.23. The van der Waals surface area contributed by atoms with Crippen LogP contribution < -0.4 is 5.32 Å². The first-order valence-electron chi connectivity index (χ1n) is 7.51. The number of benzene rings is 2. The molecule has 0 aromatic heterocycles. The summed E-state index contributed by atoms with van der Waals surface area (Å²) >= 11 is 5.93. The molecule has 0 fully saturated rings. The van der Waals surface area contributed by atoms with E-state index in [1.165, 1.54) is 49.3 Å². The number of amides is 2. The van der Waals surface area contributed by atoms with E-state index in [-0.39, 0.29) is 22.7 Å². The van der Waals surface area contributed by atoms with Crippen molar-refractivity contribution in [3.63, 3.8) is 0 Å². The normalized spacial score (nSPS) is 10.2. The predicted octanol–water partition coefficient (Wildman–Crippen LogP) is 2.98. The van der Waals surface area contributed by atoms with Crippen molar-refractivity contribution in [2.24, 2.45) is 0 Å². The number of nitrogens with one attached hydrogen (secondary N) is 1. The van der Waals surface area contributed by atoms with E-state index in [2.05, 4.69) is 5.32 Å². The summed E-state index contributed by atoms with van der Waals surface area (Å²) in [7, 11) is 3.07.